The Balaban J connectivity index is 1.64. The summed E-state index contributed by atoms with van der Waals surface area (Å²) in [6.45, 7) is 5.79. The van der Waals surface area contributed by atoms with E-state index < -0.39 is 23.4 Å². The van der Waals surface area contributed by atoms with Crippen LogP contribution in [0.1, 0.15) is 49.1 Å². The van der Waals surface area contributed by atoms with Crippen LogP contribution < -0.4 is 10.6 Å². The van der Waals surface area contributed by atoms with Gasteiger partial charge in [-0.25, -0.2) is 9.59 Å². The number of aryl methyl sites for hydroxylation is 2. The Morgan fingerprint density at radius 2 is 1.40 bits per heavy atom. The van der Waals surface area contributed by atoms with Crippen molar-refractivity contribution in [3.63, 3.8) is 0 Å². The molecule has 0 aromatic heterocycles. The fraction of sp³-hybridized carbons (Fsp3) is 0.154. The summed E-state index contributed by atoms with van der Waals surface area (Å²) in [5.41, 5.74) is 2.61. The molecule has 1 atom stereocenters. The van der Waals surface area contributed by atoms with Crippen molar-refractivity contribution in [2.45, 2.75) is 30.9 Å². The smallest absolute Gasteiger partial charge is 0.336 e. The van der Waals surface area contributed by atoms with Gasteiger partial charge in [-0.15, -0.1) is 11.8 Å². The third kappa shape index (κ3) is 6.48. The van der Waals surface area contributed by atoms with Gasteiger partial charge < -0.3 is 20.8 Å². The summed E-state index contributed by atoms with van der Waals surface area (Å²) in [6, 6.07) is 15.8. The van der Waals surface area contributed by atoms with E-state index in [1.54, 1.807) is 31.2 Å². The zero-order valence-corrected chi connectivity index (χ0v) is 20.1. The normalized spacial score (nSPS) is 11.4. The lowest BCUT2D eigenvalue weighted by atomic mass is 10.0. The molecule has 0 aliphatic carbocycles. The lowest BCUT2D eigenvalue weighted by molar-refractivity contribution is -0.115. The molecule has 0 aliphatic rings. The molecule has 35 heavy (non-hydrogen) atoms. The molecule has 0 radical (unpaired) electrons. The lowest BCUT2D eigenvalue weighted by Gasteiger charge is -2.13. The second kappa shape index (κ2) is 10.9. The molecule has 0 spiro atoms. The lowest BCUT2D eigenvalue weighted by Crippen LogP contribution is -2.22. The van der Waals surface area contributed by atoms with E-state index in [4.69, 9.17) is 5.11 Å². The van der Waals surface area contributed by atoms with Gasteiger partial charge in [0.05, 0.1) is 21.9 Å². The number of amides is 2. The zero-order chi connectivity index (χ0) is 25.7. The fourth-order valence-corrected chi connectivity index (χ4v) is 4.06. The van der Waals surface area contributed by atoms with Gasteiger partial charge in [0.1, 0.15) is 0 Å². The number of hydrogen-bond donors (Lipinski definition) is 4. The quantitative estimate of drug-likeness (QED) is 0.323. The van der Waals surface area contributed by atoms with Gasteiger partial charge in [0.25, 0.3) is 5.91 Å². The molecule has 8 nitrogen and oxygen atoms in total. The van der Waals surface area contributed by atoms with E-state index in [1.807, 2.05) is 32.0 Å². The van der Waals surface area contributed by atoms with Crippen LogP contribution in [0.25, 0.3) is 0 Å². The Kier molecular flexibility index (Phi) is 7.93. The summed E-state index contributed by atoms with van der Waals surface area (Å²) in [5, 5.41) is 23.6. The first-order valence-electron chi connectivity index (χ1n) is 10.6. The average molecular weight is 493 g/mol. The number of hydrogen-bond acceptors (Lipinski definition) is 5. The summed E-state index contributed by atoms with van der Waals surface area (Å²) >= 11 is 1.35. The highest BCUT2D eigenvalue weighted by molar-refractivity contribution is 8.00. The van der Waals surface area contributed by atoms with Crippen LogP contribution in [-0.2, 0) is 4.79 Å². The van der Waals surface area contributed by atoms with Gasteiger partial charge in [-0.3, -0.25) is 9.59 Å². The molecule has 0 bridgehead atoms. The minimum absolute atomic E-state index is 0.137. The first-order valence-corrected chi connectivity index (χ1v) is 11.5. The standard InChI is InChI=1S/C26H24N2O6S/c1-14-4-6-19(12-15(14)2)28-23(29)16(3)35-20-9-7-18(8-10-20)27-24(30)21-11-5-17(25(31)32)13-22(21)26(33)34/h4-13,16H,1-3H3,(H,27,30)(H,28,29)(H,31,32)(H,33,34). The van der Waals surface area contributed by atoms with Crippen LogP contribution >= 0.6 is 11.8 Å². The van der Waals surface area contributed by atoms with Crippen molar-refractivity contribution >= 4 is 46.9 Å². The molecule has 1 unspecified atom stereocenters. The van der Waals surface area contributed by atoms with E-state index in [2.05, 4.69) is 10.6 Å². The second-order valence-electron chi connectivity index (χ2n) is 7.90. The summed E-state index contributed by atoms with van der Waals surface area (Å²) in [6.07, 6.45) is 0. The van der Waals surface area contributed by atoms with E-state index in [0.29, 0.717) is 5.69 Å². The van der Waals surface area contributed by atoms with E-state index in [9.17, 15) is 24.3 Å². The number of carboxylic acid groups (broad SMARTS) is 2. The van der Waals surface area contributed by atoms with Gasteiger partial charge in [0, 0.05) is 16.3 Å². The Morgan fingerprint density at radius 3 is 2.00 bits per heavy atom. The molecule has 0 saturated carbocycles. The molecule has 4 N–H and O–H groups in total. The molecule has 3 aromatic carbocycles. The summed E-state index contributed by atoms with van der Waals surface area (Å²) < 4.78 is 0. The molecule has 0 saturated heterocycles. The minimum Gasteiger partial charge on any atom is -0.478 e. The number of anilines is 2. The second-order valence-corrected chi connectivity index (χ2v) is 9.31. The van der Waals surface area contributed by atoms with Crippen LogP contribution in [0.3, 0.4) is 0 Å². The van der Waals surface area contributed by atoms with Crippen LogP contribution in [0, 0.1) is 13.8 Å². The molecule has 0 aliphatic heterocycles. The van der Waals surface area contributed by atoms with Gasteiger partial charge in [-0.1, -0.05) is 6.07 Å². The summed E-state index contributed by atoms with van der Waals surface area (Å²) in [4.78, 5) is 48.6. The SMILES string of the molecule is Cc1ccc(NC(=O)C(C)Sc2ccc(NC(=O)c3ccc(C(=O)O)cc3C(=O)O)cc2)cc1C. The highest BCUT2D eigenvalue weighted by Gasteiger charge is 2.19. The van der Waals surface area contributed by atoms with Gasteiger partial charge in [0.2, 0.25) is 5.91 Å². The maximum atomic E-state index is 12.6. The Morgan fingerprint density at radius 1 is 0.743 bits per heavy atom. The maximum absolute atomic E-state index is 12.6. The van der Waals surface area contributed by atoms with Crippen LogP contribution in [0.4, 0.5) is 11.4 Å². The molecule has 2 amide bonds. The third-order valence-electron chi connectivity index (χ3n) is 5.31. The van der Waals surface area contributed by atoms with Crippen molar-refractivity contribution < 1.29 is 29.4 Å². The first-order chi connectivity index (χ1) is 16.5. The third-order valence-corrected chi connectivity index (χ3v) is 6.42. The van der Waals surface area contributed by atoms with Crippen LogP contribution in [0.5, 0.6) is 0 Å². The van der Waals surface area contributed by atoms with Gasteiger partial charge in [-0.05, 0) is 86.5 Å². The van der Waals surface area contributed by atoms with Crippen LogP contribution in [-0.4, -0.2) is 39.2 Å². The number of carboxylic acids is 2. The predicted octanol–water partition coefficient (Wildman–Crippen LogP) is 5.07. The van der Waals surface area contributed by atoms with E-state index in [-0.39, 0.29) is 22.3 Å². The molecule has 0 fully saturated rings. The summed E-state index contributed by atoms with van der Waals surface area (Å²) in [5.74, 6) is -3.51. The number of nitrogens with one attached hydrogen (secondary N) is 2. The highest BCUT2D eigenvalue weighted by atomic mass is 32.2. The largest absolute Gasteiger partial charge is 0.478 e. The minimum atomic E-state index is -1.40. The number of carbonyl (C=O) groups is 4. The van der Waals surface area contributed by atoms with E-state index in [0.717, 1.165) is 27.8 Å². The molecule has 180 valence electrons. The van der Waals surface area contributed by atoms with Crippen molar-refractivity contribution in [1.82, 2.24) is 0 Å². The van der Waals surface area contributed by atoms with Crippen molar-refractivity contribution in [3.8, 4) is 0 Å². The van der Waals surface area contributed by atoms with Crippen molar-refractivity contribution in [3.05, 3.63) is 88.5 Å². The first kappa shape index (κ1) is 25.5. The summed E-state index contributed by atoms with van der Waals surface area (Å²) in [7, 11) is 0. The number of aromatic carboxylic acids is 2. The molecule has 9 heteroatoms. The Hall–Kier alpha value is -4.11. The van der Waals surface area contributed by atoms with Gasteiger partial charge in [-0.2, -0.15) is 0 Å². The zero-order valence-electron chi connectivity index (χ0n) is 19.3. The number of carbonyl (C=O) groups excluding carboxylic acids is 2. The maximum Gasteiger partial charge on any atom is 0.336 e. The van der Waals surface area contributed by atoms with Gasteiger partial charge in [0.15, 0.2) is 0 Å². The number of rotatable bonds is 8. The molecule has 3 rings (SSSR count). The van der Waals surface area contributed by atoms with Crippen molar-refractivity contribution in [1.29, 1.82) is 0 Å². The average Bonchev–Trinajstić information content (AvgIpc) is 2.82. The monoisotopic (exact) mass is 492 g/mol. The topological polar surface area (TPSA) is 133 Å². The fourth-order valence-electron chi connectivity index (χ4n) is 3.19. The molecular formula is C26H24N2O6S. The van der Waals surface area contributed by atoms with Crippen molar-refractivity contribution in [2.24, 2.45) is 0 Å². The number of thioether (sulfide) groups is 1. The predicted molar refractivity (Wildman–Crippen MR) is 135 cm³/mol. The van der Waals surface area contributed by atoms with Crippen LogP contribution in [0.2, 0.25) is 0 Å². The van der Waals surface area contributed by atoms with E-state index >= 15 is 0 Å². The molecule has 0 heterocycles. The van der Waals surface area contributed by atoms with Gasteiger partial charge >= 0.3 is 11.9 Å². The van der Waals surface area contributed by atoms with E-state index in [1.165, 1.54) is 23.9 Å². The molecule has 3 aromatic rings. The Bertz CT molecular complexity index is 1300. The number of benzene rings is 3. The highest BCUT2D eigenvalue weighted by Crippen LogP contribution is 2.26. The Labute approximate surface area is 206 Å². The molecular weight excluding hydrogens is 468 g/mol. The van der Waals surface area contributed by atoms with Crippen molar-refractivity contribution in [2.75, 3.05) is 10.6 Å². The van der Waals surface area contributed by atoms with Crippen LogP contribution in [0.15, 0.2) is 65.6 Å².